The van der Waals surface area contributed by atoms with E-state index in [0.29, 0.717) is 10.6 Å². The van der Waals surface area contributed by atoms with Gasteiger partial charge in [-0.05, 0) is 42.9 Å². The molecule has 1 aromatic carbocycles. The summed E-state index contributed by atoms with van der Waals surface area (Å²) in [4.78, 5) is 24.1. The van der Waals surface area contributed by atoms with Crippen LogP contribution in [-0.2, 0) is 19.4 Å². The number of amides is 1. The Morgan fingerprint density at radius 1 is 1.03 bits per heavy atom. The number of thiophene rings is 1. The van der Waals surface area contributed by atoms with Gasteiger partial charge in [0.05, 0.1) is 5.69 Å². The van der Waals surface area contributed by atoms with Crippen LogP contribution in [0.1, 0.15) is 45.8 Å². The number of anilines is 1. The largest absolute Gasteiger partial charge is 0.397 e. The lowest BCUT2D eigenvalue weighted by atomic mass is 10.1. The Morgan fingerprint density at radius 2 is 1.80 bits per heavy atom. The predicted molar refractivity (Wildman–Crippen MR) is 123 cm³/mol. The van der Waals surface area contributed by atoms with E-state index in [1.807, 2.05) is 11.0 Å². The van der Waals surface area contributed by atoms with E-state index in [9.17, 15) is 4.79 Å². The van der Waals surface area contributed by atoms with E-state index in [4.69, 9.17) is 10.7 Å². The molecule has 0 radical (unpaired) electrons. The quantitative estimate of drug-likeness (QED) is 0.648. The SMILES string of the molecule is Nc1c(C(=O)N2CCN(Cc3ccccc3)CC2)sc2nc3c(cc12)CCCCC3. The number of aryl methyl sites for hydroxylation is 2. The highest BCUT2D eigenvalue weighted by atomic mass is 32.1. The Morgan fingerprint density at radius 3 is 2.60 bits per heavy atom. The second-order valence-electron chi connectivity index (χ2n) is 8.41. The average molecular weight is 421 g/mol. The fourth-order valence-corrected chi connectivity index (χ4v) is 5.65. The molecular weight excluding hydrogens is 392 g/mol. The standard InChI is InChI=1S/C24H28N4OS/c25-21-19-15-18-9-5-2-6-10-20(18)26-23(19)30-22(21)24(29)28-13-11-27(12-14-28)16-17-7-3-1-4-8-17/h1,3-4,7-8,15H,2,5-6,9-14,16,25H2. The number of benzene rings is 1. The van der Waals surface area contributed by atoms with Crippen LogP contribution < -0.4 is 5.73 Å². The van der Waals surface area contributed by atoms with Crippen molar-refractivity contribution in [2.24, 2.45) is 0 Å². The summed E-state index contributed by atoms with van der Waals surface area (Å²) >= 11 is 1.47. The lowest BCUT2D eigenvalue weighted by Crippen LogP contribution is -2.48. The molecule has 5 rings (SSSR count). The molecule has 1 aliphatic heterocycles. The molecule has 2 aromatic heterocycles. The van der Waals surface area contributed by atoms with Crippen molar-refractivity contribution in [3.05, 3.63) is 58.1 Å². The summed E-state index contributed by atoms with van der Waals surface area (Å²) in [6, 6.07) is 12.7. The third-order valence-electron chi connectivity index (χ3n) is 6.35. The molecule has 6 heteroatoms. The summed E-state index contributed by atoms with van der Waals surface area (Å²) in [6.45, 7) is 4.19. The first-order valence-electron chi connectivity index (χ1n) is 11.0. The van der Waals surface area contributed by atoms with E-state index >= 15 is 0 Å². The summed E-state index contributed by atoms with van der Waals surface area (Å²) in [7, 11) is 0. The molecule has 0 unspecified atom stereocenters. The van der Waals surface area contributed by atoms with Crippen molar-refractivity contribution in [3.63, 3.8) is 0 Å². The zero-order valence-electron chi connectivity index (χ0n) is 17.3. The molecule has 156 valence electrons. The first kappa shape index (κ1) is 19.5. The molecule has 3 heterocycles. The number of carbonyl (C=O) groups is 1. The van der Waals surface area contributed by atoms with E-state index in [1.165, 1.54) is 47.4 Å². The van der Waals surface area contributed by atoms with Crippen LogP contribution in [0.2, 0.25) is 0 Å². The van der Waals surface area contributed by atoms with Gasteiger partial charge >= 0.3 is 0 Å². The van der Waals surface area contributed by atoms with Gasteiger partial charge in [-0.2, -0.15) is 0 Å². The number of aromatic nitrogens is 1. The fourth-order valence-electron chi connectivity index (χ4n) is 4.59. The zero-order valence-corrected chi connectivity index (χ0v) is 18.1. The van der Waals surface area contributed by atoms with Crippen LogP contribution in [0, 0.1) is 0 Å². The first-order chi connectivity index (χ1) is 14.7. The van der Waals surface area contributed by atoms with Crippen molar-refractivity contribution < 1.29 is 4.79 Å². The Hall–Kier alpha value is -2.44. The van der Waals surface area contributed by atoms with Gasteiger partial charge in [-0.1, -0.05) is 36.8 Å². The van der Waals surface area contributed by atoms with E-state index in [1.54, 1.807) is 0 Å². The van der Waals surface area contributed by atoms with Gasteiger partial charge in [0, 0.05) is 43.8 Å². The van der Waals surface area contributed by atoms with Crippen molar-refractivity contribution in [2.75, 3.05) is 31.9 Å². The van der Waals surface area contributed by atoms with Crippen LogP contribution in [0.15, 0.2) is 36.4 Å². The molecule has 0 saturated carbocycles. The van der Waals surface area contributed by atoms with Gasteiger partial charge < -0.3 is 10.6 Å². The second-order valence-corrected chi connectivity index (χ2v) is 9.41. The molecule has 1 aliphatic carbocycles. The molecule has 0 bridgehead atoms. The van der Waals surface area contributed by atoms with Crippen LogP contribution in [0.5, 0.6) is 0 Å². The van der Waals surface area contributed by atoms with Crippen molar-refractivity contribution in [3.8, 4) is 0 Å². The Balaban J connectivity index is 1.31. The maximum Gasteiger partial charge on any atom is 0.266 e. The molecule has 3 aromatic rings. The number of carbonyl (C=O) groups excluding carboxylic acids is 1. The van der Waals surface area contributed by atoms with Crippen LogP contribution >= 0.6 is 11.3 Å². The lowest BCUT2D eigenvalue weighted by Gasteiger charge is -2.34. The number of nitrogen functional groups attached to an aromatic ring is 1. The molecule has 0 atom stereocenters. The highest BCUT2D eigenvalue weighted by Crippen LogP contribution is 2.36. The van der Waals surface area contributed by atoms with Crippen LogP contribution in [0.25, 0.3) is 10.2 Å². The van der Waals surface area contributed by atoms with Gasteiger partial charge in [-0.25, -0.2) is 4.98 Å². The fraction of sp³-hybridized carbons (Fsp3) is 0.417. The molecular formula is C24H28N4OS. The molecule has 1 fully saturated rings. The van der Waals surface area contributed by atoms with E-state index in [2.05, 4.69) is 35.2 Å². The summed E-state index contributed by atoms with van der Waals surface area (Å²) in [5.41, 5.74) is 10.9. The zero-order chi connectivity index (χ0) is 20.5. The molecule has 2 aliphatic rings. The maximum atomic E-state index is 13.2. The third-order valence-corrected chi connectivity index (χ3v) is 7.46. The van der Waals surface area contributed by atoms with Crippen molar-refractivity contribution in [2.45, 2.75) is 38.6 Å². The second kappa shape index (κ2) is 8.36. The van der Waals surface area contributed by atoms with Gasteiger partial charge in [-0.15, -0.1) is 11.3 Å². The first-order valence-corrected chi connectivity index (χ1v) is 11.8. The molecule has 2 N–H and O–H groups in total. The van der Waals surface area contributed by atoms with Crippen LogP contribution in [0.4, 0.5) is 5.69 Å². The monoisotopic (exact) mass is 420 g/mol. The van der Waals surface area contributed by atoms with Gasteiger partial charge in [0.15, 0.2) is 0 Å². The highest BCUT2D eigenvalue weighted by molar-refractivity contribution is 7.21. The Labute approximate surface area is 181 Å². The van der Waals surface area contributed by atoms with E-state index < -0.39 is 0 Å². The molecule has 1 amide bonds. The van der Waals surface area contributed by atoms with E-state index in [0.717, 1.165) is 55.8 Å². The van der Waals surface area contributed by atoms with Crippen molar-refractivity contribution in [1.82, 2.24) is 14.8 Å². The number of piperazine rings is 1. The average Bonchev–Trinajstić information content (AvgIpc) is 2.94. The minimum absolute atomic E-state index is 0.0602. The van der Waals surface area contributed by atoms with Crippen LogP contribution in [0.3, 0.4) is 0 Å². The maximum absolute atomic E-state index is 13.2. The predicted octanol–water partition coefficient (Wildman–Crippen LogP) is 4.11. The van der Waals surface area contributed by atoms with E-state index in [-0.39, 0.29) is 5.91 Å². The summed E-state index contributed by atoms with van der Waals surface area (Å²) < 4.78 is 0. The number of hydrogen-bond acceptors (Lipinski definition) is 5. The number of nitrogens with two attached hydrogens (primary N) is 1. The number of pyridine rings is 1. The topological polar surface area (TPSA) is 62.5 Å². The van der Waals surface area contributed by atoms with Gasteiger partial charge in [0.25, 0.3) is 5.91 Å². The molecule has 5 nitrogen and oxygen atoms in total. The van der Waals surface area contributed by atoms with Crippen molar-refractivity contribution in [1.29, 1.82) is 0 Å². The Kier molecular flexibility index (Phi) is 5.44. The van der Waals surface area contributed by atoms with Gasteiger partial charge in [0.2, 0.25) is 0 Å². The number of fused-ring (bicyclic) bond motifs is 2. The summed E-state index contributed by atoms with van der Waals surface area (Å²) in [6.07, 6.45) is 5.78. The third kappa shape index (κ3) is 3.82. The van der Waals surface area contributed by atoms with Crippen molar-refractivity contribution >= 4 is 33.1 Å². The molecule has 30 heavy (non-hydrogen) atoms. The smallest absolute Gasteiger partial charge is 0.266 e. The Bertz CT molecular complexity index is 1050. The van der Waals surface area contributed by atoms with Gasteiger partial charge in [-0.3, -0.25) is 9.69 Å². The minimum Gasteiger partial charge on any atom is -0.397 e. The molecule has 1 saturated heterocycles. The summed E-state index contributed by atoms with van der Waals surface area (Å²) in [5.74, 6) is 0.0602. The number of nitrogens with zero attached hydrogens (tertiary/aromatic N) is 3. The normalized spacial score (nSPS) is 17.7. The highest BCUT2D eigenvalue weighted by Gasteiger charge is 2.26. The lowest BCUT2D eigenvalue weighted by molar-refractivity contribution is 0.0634. The van der Waals surface area contributed by atoms with Crippen LogP contribution in [-0.4, -0.2) is 46.9 Å². The van der Waals surface area contributed by atoms with Gasteiger partial charge in [0.1, 0.15) is 9.71 Å². The number of hydrogen-bond donors (Lipinski definition) is 1. The minimum atomic E-state index is 0.0602. The molecule has 0 spiro atoms. The number of rotatable bonds is 3. The summed E-state index contributed by atoms with van der Waals surface area (Å²) in [5, 5.41) is 0.965.